The van der Waals surface area contributed by atoms with Crippen molar-refractivity contribution in [2.45, 2.75) is 12.8 Å². The van der Waals surface area contributed by atoms with Crippen molar-refractivity contribution in [3.05, 3.63) is 56.2 Å². The van der Waals surface area contributed by atoms with Gasteiger partial charge in [0.15, 0.2) is 5.78 Å². The normalized spacial score (nSPS) is 10.7. The number of thioether (sulfide) groups is 1. The molecule has 2 aromatic rings. The van der Waals surface area contributed by atoms with Gasteiger partial charge in [-0.25, -0.2) is 0 Å². The molecule has 5 heteroatoms. The monoisotopic (exact) mass is 344 g/mol. The highest BCUT2D eigenvalue weighted by molar-refractivity contribution is 7.99. The van der Waals surface area contributed by atoms with Crippen molar-refractivity contribution in [2.24, 2.45) is 0 Å². The third-order valence-electron chi connectivity index (χ3n) is 2.79. The maximum absolute atomic E-state index is 12.0. The zero-order chi connectivity index (χ0) is 14.4. The Bertz CT molecular complexity index is 567. The first-order valence-electron chi connectivity index (χ1n) is 6.26. The van der Waals surface area contributed by atoms with E-state index in [0.717, 1.165) is 18.6 Å². The summed E-state index contributed by atoms with van der Waals surface area (Å²) in [5.74, 6) is 1.49. The molecule has 0 spiro atoms. The van der Waals surface area contributed by atoms with Crippen molar-refractivity contribution in [3.63, 3.8) is 0 Å². The Kier molecular flexibility index (Phi) is 6.43. The van der Waals surface area contributed by atoms with Crippen LogP contribution in [0.15, 0.2) is 36.4 Å². The number of halogens is 2. The summed E-state index contributed by atoms with van der Waals surface area (Å²) < 4.78 is 1.05. The van der Waals surface area contributed by atoms with Crippen LogP contribution in [-0.2, 0) is 6.42 Å². The van der Waals surface area contributed by atoms with Gasteiger partial charge in [-0.15, -0.1) is 11.3 Å². The van der Waals surface area contributed by atoms with E-state index in [2.05, 4.69) is 12.1 Å². The molecule has 106 valence electrons. The van der Waals surface area contributed by atoms with Crippen molar-refractivity contribution in [1.82, 2.24) is 0 Å². The Morgan fingerprint density at radius 3 is 2.60 bits per heavy atom. The number of hydrogen-bond donors (Lipinski definition) is 0. The third kappa shape index (κ3) is 4.81. The molecule has 0 radical (unpaired) electrons. The van der Waals surface area contributed by atoms with E-state index in [9.17, 15) is 4.79 Å². The average Bonchev–Trinajstić information content (AvgIpc) is 2.78. The molecule has 1 aromatic heterocycles. The number of rotatable bonds is 7. The number of thiophene rings is 1. The van der Waals surface area contributed by atoms with Crippen LogP contribution in [0.1, 0.15) is 22.3 Å². The lowest BCUT2D eigenvalue weighted by Gasteiger charge is -2.02. The molecule has 0 unspecified atom stereocenters. The maximum atomic E-state index is 12.0. The number of Topliss-reactive ketones (excluding diaryl/α,β-unsaturated/α-hetero) is 1. The Morgan fingerprint density at radius 1 is 1.20 bits per heavy atom. The maximum Gasteiger partial charge on any atom is 0.175 e. The number of aryl methyl sites for hydroxylation is 1. The molecule has 1 nitrogen and oxygen atoms in total. The van der Waals surface area contributed by atoms with Crippen LogP contribution in [0.25, 0.3) is 0 Å². The molecule has 0 aliphatic carbocycles. The zero-order valence-electron chi connectivity index (χ0n) is 10.8. The van der Waals surface area contributed by atoms with E-state index in [1.165, 1.54) is 16.9 Å². The second-order valence-corrected chi connectivity index (χ2v) is 7.69. The van der Waals surface area contributed by atoms with Gasteiger partial charge in [0.25, 0.3) is 0 Å². The molecule has 0 saturated heterocycles. The highest BCUT2D eigenvalue weighted by Gasteiger charge is 2.13. The molecule has 0 fully saturated rings. The lowest BCUT2D eigenvalue weighted by atomic mass is 10.1. The highest BCUT2D eigenvalue weighted by Crippen LogP contribution is 2.31. The van der Waals surface area contributed by atoms with Gasteiger partial charge >= 0.3 is 0 Å². The fraction of sp³-hybridized carbons (Fsp3) is 0.267. The van der Waals surface area contributed by atoms with E-state index < -0.39 is 0 Å². The van der Waals surface area contributed by atoms with E-state index in [1.807, 2.05) is 18.2 Å². The lowest BCUT2D eigenvalue weighted by molar-refractivity contribution is 0.102. The Labute approximate surface area is 137 Å². The summed E-state index contributed by atoms with van der Waals surface area (Å²) in [5, 5.41) is 0. The van der Waals surface area contributed by atoms with E-state index in [1.54, 1.807) is 17.8 Å². The van der Waals surface area contributed by atoms with Gasteiger partial charge in [-0.1, -0.05) is 53.5 Å². The van der Waals surface area contributed by atoms with Crippen LogP contribution in [0.3, 0.4) is 0 Å². The van der Waals surface area contributed by atoms with Crippen LogP contribution in [0.2, 0.25) is 8.67 Å². The van der Waals surface area contributed by atoms with E-state index in [4.69, 9.17) is 23.2 Å². The number of hydrogen-bond acceptors (Lipinski definition) is 3. The Morgan fingerprint density at radius 2 is 1.95 bits per heavy atom. The van der Waals surface area contributed by atoms with Gasteiger partial charge in [-0.05, 0) is 30.2 Å². The molecule has 1 heterocycles. The number of carbonyl (C=O) groups is 1. The van der Waals surface area contributed by atoms with Crippen molar-refractivity contribution < 1.29 is 4.79 Å². The largest absolute Gasteiger partial charge is 0.293 e. The van der Waals surface area contributed by atoms with Gasteiger partial charge in [0.05, 0.1) is 10.1 Å². The van der Waals surface area contributed by atoms with Gasteiger partial charge < -0.3 is 0 Å². The van der Waals surface area contributed by atoms with Gasteiger partial charge in [-0.3, -0.25) is 4.79 Å². The highest BCUT2D eigenvalue weighted by atomic mass is 35.5. The second kappa shape index (κ2) is 8.08. The molecule has 0 saturated carbocycles. The quantitative estimate of drug-likeness (QED) is 0.480. The first kappa shape index (κ1) is 15.9. The first-order valence-corrected chi connectivity index (χ1v) is 8.99. The molecule has 2 rings (SSSR count). The predicted molar refractivity (Wildman–Crippen MR) is 90.8 cm³/mol. The molecule has 0 amide bonds. The Balaban J connectivity index is 1.68. The minimum atomic E-state index is 0.0582. The van der Waals surface area contributed by atoms with Crippen LogP contribution >= 0.6 is 46.3 Å². The van der Waals surface area contributed by atoms with Crippen molar-refractivity contribution in [1.29, 1.82) is 0 Å². The fourth-order valence-corrected chi connectivity index (χ4v) is 4.13. The van der Waals surface area contributed by atoms with Crippen molar-refractivity contribution in [2.75, 3.05) is 11.5 Å². The van der Waals surface area contributed by atoms with Crippen LogP contribution in [0.4, 0.5) is 0 Å². The summed E-state index contributed by atoms with van der Waals surface area (Å²) in [6.07, 6.45) is 2.12. The SMILES string of the molecule is O=C(CSCCCc1ccccc1)c1cc(Cl)sc1Cl. The Hall–Kier alpha value is -0.480. The topological polar surface area (TPSA) is 17.1 Å². The van der Waals surface area contributed by atoms with Gasteiger partial charge in [0, 0.05) is 5.56 Å². The lowest BCUT2D eigenvalue weighted by Crippen LogP contribution is -2.02. The molecule has 0 aliphatic rings. The minimum Gasteiger partial charge on any atom is -0.293 e. The number of carbonyl (C=O) groups excluding carboxylic acids is 1. The predicted octanol–water partition coefficient (Wildman–Crippen LogP) is 5.60. The zero-order valence-corrected chi connectivity index (χ0v) is 13.9. The summed E-state index contributed by atoms with van der Waals surface area (Å²) in [4.78, 5) is 12.0. The number of ketones is 1. The van der Waals surface area contributed by atoms with Crippen LogP contribution in [0.5, 0.6) is 0 Å². The molecule has 20 heavy (non-hydrogen) atoms. The fourth-order valence-electron chi connectivity index (χ4n) is 1.80. The van der Waals surface area contributed by atoms with E-state index in [-0.39, 0.29) is 5.78 Å². The van der Waals surface area contributed by atoms with Crippen LogP contribution < -0.4 is 0 Å². The summed E-state index contributed by atoms with van der Waals surface area (Å²) in [5.41, 5.74) is 1.89. The van der Waals surface area contributed by atoms with Gasteiger partial charge in [-0.2, -0.15) is 11.8 Å². The van der Waals surface area contributed by atoms with E-state index >= 15 is 0 Å². The van der Waals surface area contributed by atoms with Crippen LogP contribution in [-0.4, -0.2) is 17.3 Å². The molecular weight excluding hydrogens is 331 g/mol. The molecule has 0 atom stereocenters. The molecule has 1 aromatic carbocycles. The van der Waals surface area contributed by atoms with Gasteiger partial charge in [0.2, 0.25) is 0 Å². The summed E-state index contributed by atoms with van der Waals surface area (Å²) in [6, 6.07) is 12.0. The number of benzene rings is 1. The van der Waals surface area contributed by atoms with Crippen LogP contribution in [0, 0.1) is 0 Å². The molecule has 0 bridgehead atoms. The molecule has 0 aliphatic heterocycles. The standard InChI is InChI=1S/C15H14Cl2OS2/c16-14-9-12(15(17)20-14)13(18)10-19-8-4-7-11-5-2-1-3-6-11/h1-3,5-6,9H,4,7-8,10H2. The van der Waals surface area contributed by atoms with Crippen molar-refractivity contribution in [3.8, 4) is 0 Å². The molecular formula is C15H14Cl2OS2. The summed E-state index contributed by atoms with van der Waals surface area (Å²) in [6.45, 7) is 0. The second-order valence-electron chi connectivity index (χ2n) is 4.30. The van der Waals surface area contributed by atoms with Crippen molar-refractivity contribution >= 4 is 52.1 Å². The first-order chi connectivity index (χ1) is 9.66. The van der Waals surface area contributed by atoms with Gasteiger partial charge in [0.1, 0.15) is 4.34 Å². The van der Waals surface area contributed by atoms with E-state index in [0.29, 0.717) is 20.0 Å². The summed E-state index contributed by atoms with van der Waals surface area (Å²) >= 11 is 14.7. The third-order valence-corrected chi connectivity index (χ3v) is 5.32. The minimum absolute atomic E-state index is 0.0582. The average molecular weight is 345 g/mol. The smallest absolute Gasteiger partial charge is 0.175 e. The summed E-state index contributed by atoms with van der Waals surface area (Å²) in [7, 11) is 0. The molecule has 0 N–H and O–H groups in total.